The number of hydrogen-bond acceptors (Lipinski definition) is 6. The van der Waals surface area contributed by atoms with Crippen molar-refractivity contribution in [1.82, 2.24) is 9.97 Å². The van der Waals surface area contributed by atoms with E-state index >= 15 is 0 Å². The predicted octanol–water partition coefficient (Wildman–Crippen LogP) is 5.94. The van der Waals surface area contributed by atoms with Crippen LogP contribution in [0.15, 0.2) is 78.4 Å². The number of methoxy groups -OCH3 is 2. The molecule has 0 atom stereocenters. The summed E-state index contributed by atoms with van der Waals surface area (Å²) in [4.78, 5) is 11.5. The van der Waals surface area contributed by atoms with Crippen molar-refractivity contribution >= 4 is 16.5 Å². The van der Waals surface area contributed by atoms with Crippen molar-refractivity contribution in [2.75, 3.05) is 19.1 Å². The lowest BCUT2D eigenvalue weighted by atomic mass is 10.1. The van der Waals surface area contributed by atoms with Crippen molar-refractivity contribution in [3.63, 3.8) is 0 Å². The average Bonchev–Trinajstić information content (AvgIpc) is 3.33. The molecule has 0 bridgehead atoms. The monoisotopic (exact) mass is 459 g/mol. The molecule has 170 valence electrons. The molecule has 5 nitrogen and oxygen atoms in total. The molecule has 0 N–H and O–H groups in total. The van der Waals surface area contributed by atoms with Gasteiger partial charge in [-0.15, -0.1) is 11.3 Å². The van der Waals surface area contributed by atoms with Crippen molar-refractivity contribution in [2.45, 2.75) is 32.4 Å². The fourth-order valence-corrected chi connectivity index (χ4v) is 4.61. The van der Waals surface area contributed by atoms with Crippen molar-refractivity contribution in [2.24, 2.45) is 0 Å². The molecule has 6 heteroatoms. The van der Waals surface area contributed by atoms with E-state index in [1.807, 2.05) is 42.7 Å². The Morgan fingerprint density at radius 3 is 2.09 bits per heavy atom. The van der Waals surface area contributed by atoms with Gasteiger partial charge in [-0.2, -0.15) is 0 Å². The Morgan fingerprint density at radius 1 is 0.818 bits per heavy atom. The molecule has 0 saturated carbocycles. The fourth-order valence-electron chi connectivity index (χ4n) is 3.75. The molecular formula is C27H29N3O2S. The van der Waals surface area contributed by atoms with Gasteiger partial charge in [0.1, 0.15) is 11.5 Å². The summed E-state index contributed by atoms with van der Waals surface area (Å²) in [5.74, 6) is 1.73. The van der Waals surface area contributed by atoms with Crippen LogP contribution in [0, 0.1) is 0 Å². The van der Waals surface area contributed by atoms with Gasteiger partial charge >= 0.3 is 0 Å². The van der Waals surface area contributed by atoms with Crippen LogP contribution in [0.5, 0.6) is 11.5 Å². The van der Waals surface area contributed by atoms with Gasteiger partial charge in [-0.05, 0) is 66.3 Å². The molecule has 4 aromatic rings. The van der Waals surface area contributed by atoms with Crippen LogP contribution in [-0.4, -0.2) is 24.2 Å². The van der Waals surface area contributed by atoms with Gasteiger partial charge in [-0.3, -0.25) is 4.98 Å². The highest BCUT2D eigenvalue weighted by molar-refractivity contribution is 7.13. The van der Waals surface area contributed by atoms with Crippen LogP contribution in [0.2, 0.25) is 0 Å². The Labute approximate surface area is 199 Å². The highest BCUT2D eigenvalue weighted by Gasteiger charge is 2.14. The largest absolute Gasteiger partial charge is 0.497 e. The Kier molecular flexibility index (Phi) is 7.93. The summed E-state index contributed by atoms with van der Waals surface area (Å²) in [6, 6.07) is 20.6. The van der Waals surface area contributed by atoms with Crippen LogP contribution >= 0.6 is 11.3 Å². The lowest BCUT2D eigenvalue weighted by molar-refractivity contribution is 0.414. The number of thiazole rings is 1. The molecule has 0 unspecified atom stereocenters. The molecular weight excluding hydrogens is 430 g/mol. The second-order valence-corrected chi connectivity index (χ2v) is 8.73. The smallest absolute Gasteiger partial charge is 0.186 e. The van der Waals surface area contributed by atoms with Crippen LogP contribution in [0.25, 0.3) is 0 Å². The molecule has 2 aromatic heterocycles. The maximum absolute atomic E-state index is 5.42. The molecule has 0 aliphatic carbocycles. The lowest BCUT2D eigenvalue weighted by Crippen LogP contribution is -2.22. The van der Waals surface area contributed by atoms with Crippen LogP contribution < -0.4 is 14.4 Å². The van der Waals surface area contributed by atoms with Crippen molar-refractivity contribution < 1.29 is 9.47 Å². The summed E-state index contributed by atoms with van der Waals surface area (Å²) in [7, 11) is 3.40. The summed E-state index contributed by atoms with van der Waals surface area (Å²) in [5, 5.41) is 3.21. The zero-order valence-electron chi connectivity index (χ0n) is 19.1. The average molecular weight is 460 g/mol. The molecule has 33 heavy (non-hydrogen) atoms. The Bertz CT molecular complexity index is 1100. The molecule has 0 aliphatic rings. The second kappa shape index (κ2) is 11.5. The minimum Gasteiger partial charge on any atom is -0.497 e. The van der Waals surface area contributed by atoms with Crippen LogP contribution in [0.1, 0.15) is 28.8 Å². The number of ether oxygens (including phenoxy) is 2. The second-order valence-electron chi connectivity index (χ2n) is 7.90. The van der Waals surface area contributed by atoms with E-state index in [1.165, 1.54) is 16.7 Å². The normalized spacial score (nSPS) is 10.7. The molecule has 2 heterocycles. The first-order chi connectivity index (χ1) is 16.2. The zero-order valence-corrected chi connectivity index (χ0v) is 19.9. The highest BCUT2D eigenvalue weighted by atomic mass is 32.1. The molecule has 0 amide bonds. The number of anilines is 1. The number of nitrogens with zero attached hydrogens (tertiary/aromatic N) is 3. The first kappa shape index (κ1) is 22.8. The number of benzene rings is 2. The van der Waals surface area contributed by atoms with Crippen LogP contribution in [-0.2, 0) is 25.9 Å². The van der Waals surface area contributed by atoms with Crippen molar-refractivity contribution in [3.05, 3.63) is 101 Å². The number of aromatic nitrogens is 2. The quantitative estimate of drug-likeness (QED) is 0.278. The Morgan fingerprint density at radius 2 is 1.48 bits per heavy atom. The summed E-state index contributed by atoms with van der Waals surface area (Å²) in [6.45, 7) is 1.49. The number of pyridine rings is 1. The van der Waals surface area contributed by atoms with E-state index in [-0.39, 0.29) is 0 Å². The van der Waals surface area contributed by atoms with E-state index in [9.17, 15) is 0 Å². The van der Waals surface area contributed by atoms with E-state index in [0.29, 0.717) is 0 Å². The number of hydrogen-bond donors (Lipinski definition) is 0. The third kappa shape index (κ3) is 6.56. The van der Waals surface area contributed by atoms with E-state index in [4.69, 9.17) is 14.5 Å². The molecule has 2 aromatic carbocycles. The molecule has 4 rings (SSSR count). The van der Waals surface area contributed by atoms with E-state index < -0.39 is 0 Å². The van der Waals surface area contributed by atoms with E-state index in [1.54, 1.807) is 25.6 Å². The standard InChI is InChI=1S/C27H29N3O2S/c1-31-25-12-4-8-22(15-25)18-30(19-23-9-5-13-26(16-23)32-2)27-29-24(20-33-27)11-3-7-21-10-6-14-28-17-21/h4-6,8-10,12-17,20H,3,7,11,18-19H2,1-2H3. The van der Waals surface area contributed by atoms with Gasteiger partial charge in [0.15, 0.2) is 5.13 Å². The Hall–Kier alpha value is -3.38. The summed E-state index contributed by atoms with van der Waals surface area (Å²) in [5.41, 5.74) is 4.78. The van der Waals surface area contributed by atoms with E-state index in [0.717, 1.165) is 54.7 Å². The molecule has 0 radical (unpaired) electrons. The van der Waals surface area contributed by atoms with Crippen LogP contribution in [0.3, 0.4) is 0 Å². The first-order valence-electron chi connectivity index (χ1n) is 11.1. The third-order valence-corrected chi connectivity index (χ3v) is 6.40. The minimum absolute atomic E-state index is 0.747. The maximum atomic E-state index is 5.42. The van der Waals surface area contributed by atoms with E-state index in [2.05, 4.69) is 45.6 Å². The Balaban J connectivity index is 1.49. The lowest BCUT2D eigenvalue weighted by Gasteiger charge is -2.23. The molecule has 0 spiro atoms. The topological polar surface area (TPSA) is 47.5 Å². The summed E-state index contributed by atoms with van der Waals surface area (Å²) in [6.07, 6.45) is 6.78. The van der Waals surface area contributed by atoms with Gasteiger partial charge in [0.25, 0.3) is 0 Å². The predicted molar refractivity (Wildman–Crippen MR) is 134 cm³/mol. The van der Waals surface area contributed by atoms with Gasteiger partial charge in [0.05, 0.1) is 19.9 Å². The molecule has 0 saturated heterocycles. The maximum Gasteiger partial charge on any atom is 0.186 e. The molecule has 0 fully saturated rings. The third-order valence-electron chi connectivity index (χ3n) is 5.45. The van der Waals surface area contributed by atoms with Crippen molar-refractivity contribution in [1.29, 1.82) is 0 Å². The van der Waals surface area contributed by atoms with Gasteiger partial charge in [-0.25, -0.2) is 4.98 Å². The van der Waals surface area contributed by atoms with Crippen LogP contribution in [0.4, 0.5) is 5.13 Å². The van der Waals surface area contributed by atoms with Crippen molar-refractivity contribution in [3.8, 4) is 11.5 Å². The SMILES string of the molecule is COc1cccc(CN(Cc2cccc(OC)c2)c2nc(CCCc3cccnc3)cs2)c1. The highest BCUT2D eigenvalue weighted by Crippen LogP contribution is 2.27. The zero-order chi connectivity index (χ0) is 22.9. The fraction of sp³-hybridized carbons (Fsp3) is 0.259. The van der Waals surface area contributed by atoms with Gasteiger partial charge in [-0.1, -0.05) is 30.3 Å². The van der Waals surface area contributed by atoms with Gasteiger partial charge in [0, 0.05) is 30.9 Å². The van der Waals surface area contributed by atoms with Gasteiger partial charge in [0.2, 0.25) is 0 Å². The molecule has 0 aliphatic heterocycles. The summed E-state index contributed by atoms with van der Waals surface area (Å²) >= 11 is 1.70. The summed E-state index contributed by atoms with van der Waals surface area (Å²) < 4.78 is 10.8. The number of aryl methyl sites for hydroxylation is 2. The first-order valence-corrected chi connectivity index (χ1v) is 12.0. The van der Waals surface area contributed by atoms with Gasteiger partial charge < -0.3 is 14.4 Å². The number of rotatable bonds is 11. The minimum atomic E-state index is 0.747.